The third kappa shape index (κ3) is 3.24. The molecule has 2 aromatic carbocycles. The van der Waals surface area contributed by atoms with Gasteiger partial charge in [0.15, 0.2) is 0 Å². The number of nitriles is 1. The van der Waals surface area contributed by atoms with Crippen molar-refractivity contribution in [2.75, 3.05) is 0 Å². The van der Waals surface area contributed by atoms with Crippen molar-refractivity contribution in [1.29, 1.82) is 5.26 Å². The lowest BCUT2D eigenvalue weighted by atomic mass is 10.1. The molecule has 0 aliphatic rings. The molecule has 0 aliphatic heterocycles. The van der Waals surface area contributed by atoms with Crippen molar-refractivity contribution in [3.8, 4) is 16.6 Å². The third-order valence-corrected chi connectivity index (χ3v) is 4.54. The van der Waals surface area contributed by atoms with Crippen LogP contribution in [0.4, 0.5) is 5.69 Å². The molecule has 7 heteroatoms. The molecule has 0 saturated carbocycles. The number of hydrogen-bond donors (Lipinski definition) is 1. The monoisotopic (exact) mass is 349 g/mol. The molecule has 0 radical (unpaired) electrons. The van der Waals surface area contributed by atoms with E-state index in [9.17, 15) is 20.5 Å². The predicted octanol–water partition coefficient (Wildman–Crippen LogP) is 4.67. The van der Waals surface area contributed by atoms with Crippen LogP contribution in [-0.2, 0) is 0 Å². The SMILES string of the molecule is N#CC(=C(O)c1ccccc1[N+](=O)[O-])c1cnc(-c2ccccc2)s1. The second kappa shape index (κ2) is 6.95. The van der Waals surface area contributed by atoms with Gasteiger partial charge in [-0.2, -0.15) is 5.26 Å². The molecule has 0 unspecified atom stereocenters. The molecule has 25 heavy (non-hydrogen) atoms. The average Bonchev–Trinajstić information content (AvgIpc) is 3.12. The molecule has 1 aromatic heterocycles. The number of rotatable bonds is 4. The van der Waals surface area contributed by atoms with Crippen LogP contribution in [0.15, 0.2) is 60.8 Å². The maximum atomic E-state index is 11.1. The molecular weight excluding hydrogens is 338 g/mol. The summed E-state index contributed by atoms with van der Waals surface area (Å²) in [7, 11) is 0. The summed E-state index contributed by atoms with van der Waals surface area (Å²) in [5.41, 5.74) is 0.578. The van der Waals surface area contributed by atoms with E-state index in [4.69, 9.17) is 0 Å². The Bertz CT molecular complexity index is 1000. The van der Waals surface area contributed by atoms with Gasteiger partial charge in [-0.3, -0.25) is 10.1 Å². The average molecular weight is 349 g/mol. The van der Waals surface area contributed by atoms with Gasteiger partial charge in [-0.05, 0) is 6.07 Å². The van der Waals surface area contributed by atoms with Gasteiger partial charge in [-0.15, -0.1) is 11.3 Å². The van der Waals surface area contributed by atoms with Crippen molar-refractivity contribution >= 4 is 28.4 Å². The first-order valence-corrected chi connectivity index (χ1v) is 8.02. The largest absolute Gasteiger partial charge is 0.506 e. The van der Waals surface area contributed by atoms with Gasteiger partial charge in [-0.25, -0.2) is 4.98 Å². The van der Waals surface area contributed by atoms with Crippen LogP contribution in [0.1, 0.15) is 10.4 Å². The van der Waals surface area contributed by atoms with Crippen molar-refractivity contribution in [3.63, 3.8) is 0 Å². The second-order valence-corrected chi connectivity index (χ2v) is 6.04. The quantitative estimate of drug-likeness (QED) is 0.319. The molecule has 1 heterocycles. The second-order valence-electron chi connectivity index (χ2n) is 5.01. The molecule has 0 spiro atoms. The van der Waals surface area contributed by atoms with E-state index in [-0.39, 0.29) is 16.8 Å². The summed E-state index contributed by atoms with van der Waals surface area (Å²) in [5, 5.41) is 31.8. The van der Waals surface area contributed by atoms with Gasteiger partial charge in [-0.1, -0.05) is 42.5 Å². The molecule has 0 saturated heterocycles. The van der Waals surface area contributed by atoms with E-state index >= 15 is 0 Å². The summed E-state index contributed by atoms with van der Waals surface area (Å²) in [6, 6.07) is 17.1. The molecule has 3 rings (SSSR count). The van der Waals surface area contributed by atoms with Gasteiger partial charge in [0.1, 0.15) is 22.4 Å². The maximum absolute atomic E-state index is 11.1. The van der Waals surface area contributed by atoms with E-state index in [0.717, 1.165) is 5.56 Å². The van der Waals surface area contributed by atoms with Crippen LogP contribution >= 0.6 is 11.3 Å². The highest BCUT2D eigenvalue weighted by Crippen LogP contribution is 2.34. The van der Waals surface area contributed by atoms with Gasteiger partial charge >= 0.3 is 0 Å². The van der Waals surface area contributed by atoms with Gasteiger partial charge < -0.3 is 5.11 Å². The van der Waals surface area contributed by atoms with E-state index in [1.54, 1.807) is 6.07 Å². The zero-order chi connectivity index (χ0) is 17.8. The van der Waals surface area contributed by atoms with Crippen LogP contribution in [0.5, 0.6) is 0 Å². The van der Waals surface area contributed by atoms with E-state index in [0.29, 0.717) is 9.88 Å². The molecule has 1 N–H and O–H groups in total. The Balaban J connectivity index is 2.09. The number of nitro groups is 1. The zero-order valence-corrected chi connectivity index (χ0v) is 13.6. The molecule has 0 aliphatic carbocycles. The molecule has 0 fully saturated rings. The summed E-state index contributed by atoms with van der Waals surface area (Å²) < 4.78 is 0. The Hall–Kier alpha value is -3.50. The summed E-state index contributed by atoms with van der Waals surface area (Å²) in [6.45, 7) is 0. The molecule has 6 nitrogen and oxygen atoms in total. The smallest absolute Gasteiger partial charge is 0.280 e. The topological polar surface area (TPSA) is 100 Å². The highest BCUT2D eigenvalue weighted by molar-refractivity contribution is 7.16. The summed E-state index contributed by atoms with van der Waals surface area (Å²) in [4.78, 5) is 15.3. The van der Waals surface area contributed by atoms with E-state index in [2.05, 4.69) is 4.98 Å². The summed E-state index contributed by atoms with van der Waals surface area (Å²) >= 11 is 1.23. The van der Waals surface area contributed by atoms with Crippen molar-refractivity contribution in [3.05, 3.63) is 81.3 Å². The Morgan fingerprint density at radius 1 is 1.16 bits per heavy atom. The number of hydrogen-bond acceptors (Lipinski definition) is 6. The van der Waals surface area contributed by atoms with Crippen molar-refractivity contribution < 1.29 is 10.0 Å². The molecular formula is C18H11N3O3S. The highest BCUT2D eigenvalue weighted by Gasteiger charge is 2.21. The first-order valence-electron chi connectivity index (χ1n) is 7.20. The minimum Gasteiger partial charge on any atom is -0.506 e. The summed E-state index contributed by atoms with van der Waals surface area (Å²) in [6.07, 6.45) is 1.48. The number of nitro benzene ring substituents is 1. The summed E-state index contributed by atoms with van der Waals surface area (Å²) in [5.74, 6) is -0.432. The highest BCUT2D eigenvalue weighted by atomic mass is 32.1. The Morgan fingerprint density at radius 3 is 2.52 bits per heavy atom. The normalized spacial score (nSPS) is 11.5. The maximum Gasteiger partial charge on any atom is 0.280 e. The van der Waals surface area contributed by atoms with Crippen LogP contribution in [-0.4, -0.2) is 15.0 Å². The van der Waals surface area contributed by atoms with E-state index < -0.39 is 10.7 Å². The fraction of sp³-hybridized carbons (Fsp3) is 0. The minimum absolute atomic E-state index is 0.00119. The lowest BCUT2D eigenvalue weighted by molar-refractivity contribution is -0.385. The fourth-order valence-corrected chi connectivity index (χ4v) is 3.21. The number of aromatic nitrogens is 1. The number of aliphatic hydroxyl groups is 1. The van der Waals surface area contributed by atoms with E-state index in [1.165, 1.54) is 35.7 Å². The number of para-hydroxylation sites is 1. The Morgan fingerprint density at radius 2 is 1.84 bits per heavy atom. The van der Waals surface area contributed by atoms with Gasteiger partial charge in [0.25, 0.3) is 5.69 Å². The van der Waals surface area contributed by atoms with E-state index in [1.807, 2.05) is 36.4 Å². The lowest BCUT2D eigenvalue weighted by Gasteiger charge is -2.03. The van der Waals surface area contributed by atoms with Gasteiger partial charge in [0, 0.05) is 17.8 Å². The molecule has 122 valence electrons. The first-order chi connectivity index (χ1) is 12.1. The number of benzene rings is 2. The number of thiazole rings is 1. The number of aliphatic hydroxyl groups excluding tert-OH is 1. The van der Waals surface area contributed by atoms with Crippen LogP contribution < -0.4 is 0 Å². The Kier molecular flexibility index (Phi) is 4.55. The van der Waals surface area contributed by atoms with Gasteiger partial charge in [0.05, 0.1) is 15.4 Å². The van der Waals surface area contributed by atoms with Crippen LogP contribution in [0.2, 0.25) is 0 Å². The molecule has 0 bridgehead atoms. The lowest BCUT2D eigenvalue weighted by Crippen LogP contribution is -1.96. The third-order valence-electron chi connectivity index (χ3n) is 3.48. The van der Waals surface area contributed by atoms with Crippen LogP contribution in [0, 0.1) is 21.4 Å². The first kappa shape index (κ1) is 16.4. The van der Waals surface area contributed by atoms with Crippen LogP contribution in [0.3, 0.4) is 0 Å². The van der Waals surface area contributed by atoms with Crippen molar-refractivity contribution in [2.45, 2.75) is 0 Å². The van der Waals surface area contributed by atoms with Crippen molar-refractivity contribution in [1.82, 2.24) is 4.98 Å². The number of nitrogens with zero attached hydrogens (tertiary/aromatic N) is 3. The number of allylic oxidation sites excluding steroid dienone is 1. The minimum atomic E-state index is -0.595. The van der Waals surface area contributed by atoms with Gasteiger partial charge in [0.2, 0.25) is 0 Å². The Labute approximate surface area is 147 Å². The van der Waals surface area contributed by atoms with Crippen molar-refractivity contribution in [2.24, 2.45) is 0 Å². The predicted molar refractivity (Wildman–Crippen MR) is 95.7 cm³/mol. The molecule has 0 amide bonds. The molecule has 0 atom stereocenters. The molecule has 3 aromatic rings. The zero-order valence-electron chi connectivity index (χ0n) is 12.8. The fourth-order valence-electron chi connectivity index (χ4n) is 2.30. The van der Waals surface area contributed by atoms with Crippen LogP contribution in [0.25, 0.3) is 21.9 Å². The standard InChI is InChI=1S/C18H11N3O3S/c19-10-14(17(22)13-8-4-5-9-15(13)21(23)24)16-11-20-18(25-16)12-6-2-1-3-7-12/h1-9,11,22H.